The summed E-state index contributed by atoms with van der Waals surface area (Å²) in [4.78, 5) is 13.7. The molecule has 1 aliphatic heterocycles. The van der Waals surface area contributed by atoms with Crippen LogP contribution < -0.4 is 11.1 Å². The van der Waals surface area contributed by atoms with Gasteiger partial charge < -0.3 is 11.1 Å². The second-order valence-corrected chi connectivity index (χ2v) is 3.67. The Kier molecular flexibility index (Phi) is 4.10. The highest BCUT2D eigenvalue weighted by molar-refractivity contribution is 5.82. The van der Waals surface area contributed by atoms with Crippen LogP contribution in [0.1, 0.15) is 13.3 Å². The van der Waals surface area contributed by atoms with E-state index in [0.29, 0.717) is 25.6 Å². The average molecular weight is 197 g/mol. The maximum Gasteiger partial charge on any atom is 0.237 e. The highest BCUT2D eigenvalue weighted by atomic mass is 16.2. The van der Waals surface area contributed by atoms with Crippen molar-refractivity contribution in [3.63, 3.8) is 0 Å². The fraction of sp³-hybridized carbons (Fsp3) is 0.700. The van der Waals surface area contributed by atoms with Crippen LogP contribution in [0.15, 0.2) is 12.7 Å². The number of rotatable bonds is 4. The normalized spacial score (nSPS) is 28.6. The van der Waals surface area contributed by atoms with Gasteiger partial charge in [0.2, 0.25) is 5.91 Å². The topological polar surface area (TPSA) is 58.4 Å². The fourth-order valence-corrected chi connectivity index (χ4v) is 1.85. The van der Waals surface area contributed by atoms with Crippen LogP contribution in [0.25, 0.3) is 0 Å². The molecule has 2 atom stereocenters. The molecule has 14 heavy (non-hydrogen) atoms. The lowest BCUT2D eigenvalue weighted by Gasteiger charge is -2.39. The van der Waals surface area contributed by atoms with Crippen LogP contribution in [0.4, 0.5) is 0 Å². The van der Waals surface area contributed by atoms with Crippen LogP contribution in [-0.2, 0) is 4.79 Å². The summed E-state index contributed by atoms with van der Waals surface area (Å²) in [6.45, 7) is 7.81. The number of nitrogens with zero attached hydrogens (tertiary/aromatic N) is 1. The minimum Gasteiger partial charge on any atom is -0.353 e. The zero-order valence-corrected chi connectivity index (χ0v) is 8.70. The number of carbonyl (C=O) groups is 1. The van der Waals surface area contributed by atoms with Crippen LogP contribution in [-0.4, -0.2) is 42.5 Å². The number of nitrogens with two attached hydrogens (primary N) is 1. The smallest absolute Gasteiger partial charge is 0.237 e. The summed E-state index contributed by atoms with van der Waals surface area (Å²) in [6.07, 6.45) is 2.54. The molecule has 3 N–H and O–H groups in total. The van der Waals surface area contributed by atoms with E-state index in [1.54, 1.807) is 0 Å². The SMILES string of the molecule is C=CCN1C(C)CNC(=O)C1CCN. The van der Waals surface area contributed by atoms with E-state index in [1.165, 1.54) is 0 Å². The third kappa shape index (κ3) is 2.33. The Labute approximate surface area is 85.1 Å². The maximum absolute atomic E-state index is 11.6. The summed E-state index contributed by atoms with van der Waals surface area (Å²) in [5.74, 6) is 0.0930. The molecule has 1 saturated heterocycles. The van der Waals surface area contributed by atoms with Gasteiger partial charge in [0.1, 0.15) is 0 Å². The molecule has 0 spiro atoms. The van der Waals surface area contributed by atoms with Crippen molar-refractivity contribution in [3.8, 4) is 0 Å². The first-order valence-corrected chi connectivity index (χ1v) is 5.05. The van der Waals surface area contributed by atoms with Crippen molar-refractivity contribution in [2.75, 3.05) is 19.6 Å². The van der Waals surface area contributed by atoms with Gasteiger partial charge in [-0.1, -0.05) is 6.08 Å². The monoisotopic (exact) mass is 197 g/mol. The number of hydrogen-bond donors (Lipinski definition) is 2. The minimum atomic E-state index is -0.0817. The molecule has 1 fully saturated rings. The van der Waals surface area contributed by atoms with Crippen molar-refractivity contribution in [3.05, 3.63) is 12.7 Å². The highest BCUT2D eigenvalue weighted by Gasteiger charge is 2.32. The molecule has 0 aromatic rings. The van der Waals surface area contributed by atoms with Gasteiger partial charge in [0.25, 0.3) is 0 Å². The minimum absolute atomic E-state index is 0.0817. The molecule has 0 aliphatic carbocycles. The summed E-state index contributed by atoms with van der Waals surface area (Å²) < 4.78 is 0. The van der Waals surface area contributed by atoms with Crippen molar-refractivity contribution in [1.29, 1.82) is 0 Å². The molecule has 0 aromatic carbocycles. The largest absolute Gasteiger partial charge is 0.353 e. The zero-order valence-electron chi connectivity index (χ0n) is 8.70. The second-order valence-electron chi connectivity index (χ2n) is 3.67. The number of piperazine rings is 1. The molecule has 80 valence electrons. The summed E-state index contributed by atoms with van der Waals surface area (Å²) in [6, 6.07) is 0.281. The Morgan fingerprint density at radius 2 is 2.50 bits per heavy atom. The molecule has 0 bridgehead atoms. The van der Waals surface area contributed by atoms with Crippen LogP contribution in [0.3, 0.4) is 0 Å². The van der Waals surface area contributed by atoms with Gasteiger partial charge in [0.15, 0.2) is 0 Å². The predicted molar refractivity (Wildman–Crippen MR) is 56.8 cm³/mol. The number of hydrogen-bond acceptors (Lipinski definition) is 3. The van der Waals surface area contributed by atoms with Gasteiger partial charge in [-0.15, -0.1) is 6.58 Å². The maximum atomic E-state index is 11.6. The Bertz CT molecular complexity index is 217. The number of nitrogens with one attached hydrogen (secondary N) is 1. The van der Waals surface area contributed by atoms with Gasteiger partial charge in [-0.2, -0.15) is 0 Å². The lowest BCUT2D eigenvalue weighted by Crippen LogP contribution is -2.59. The van der Waals surface area contributed by atoms with E-state index in [2.05, 4.69) is 23.7 Å². The van der Waals surface area contributed by atoms with Crippen LogP contribution in [0, 0.1) is 0 Å². The summed E-state index contributed by atoms with van der Waals surface area (Å²) in [5.41, 5.74) is 5.49. The van der Waals surface area contributed by atoms with E-state index in [9.17, 15) is 4.79 Å². The first-order chi connectivity index (χ1) is 6.70. The Balaban J connectivity index is 2.69. The zero-order chi connectivity index (χ0) is 10.6. The van der Waals surface area contributed by atoms with Gasteiger partial charge in [-0.25, -0.2) is 0 Å². The van der Waals surface area contributed by atoms with Crippen LogP contribution >= 0.6 is 0 Å². The summed E-state index contributed by atoms with van der Waals surface area (Å²) in [7, 11) is 0. The van der Waals surface area contributed by atoms with Gasteiger partial charge in [-0.05, 0) is 19.9 Å². The molecule has 4 heteroatoms. The standard InChI is InChI=1S/C10H19N3O/c1-3-6-13-8(2)7-12-10(14)9(13)4-5-11/h3,8-9H,1,4-7,11H2,2H3,(H,12,14). The number of carbonyl (C=O) groups excluding carboxylic acids is 1. The van der Waals surface area contributed by atoms with Gasteiger partial charge in [0, 0.05) is 19.1 Å². The first kappa shape index (κ1) is 11.2. The van der Waals surface area contributed by atoms with Crippen LogP contribution in [0.5, 0.6) is 0 Å². The van der Waals surface area contributed by atoms with Crippen LogP contribution in [0.2, 0.25) is 0 Å². The quantitative estimate of drug-likeness (QED) is 0.609. The molecule has 0 aromatic heterocycles. The lowest BCUT2D eigenvalue weighted by molar-refractivity contribution is -0.130. The third-order valence-electron chi connectivity index (χ3n) is 2.62. The molecule has 1 heterocycles. The predicted octanol–water partition coefficient (Wildman–Crippen LogP) is -0.290. The third-order valence-corrected chi connectivity index (χ3v) is 2.62. The van der Waals surface area contributed by atoms with E-state index in [1.807, 2.05) is 6.08 Å². The second kappa shape index (κ2) is 5.12. The van der Waals surface area contributed by atoms with Crippen molar-refractivity contribution < 1.29 is 4.79 Å². The van der Waals surface area contributed by atoms with Crippen molar-refractivity contribution in [2.45, 2.75) is 25.4 Å². The molecular formula is C10H19N3O. The Hall–Kier alpha value is -0.870. The van der Waals surface area contributed by atoms with Crippen molar-refractivity contribution in [1.82, 2.24) is 10.2 Å². The molecular weight excluding hydrogens is 178 g/mol. The van der Waals surface area contributed by atoms with Gasteiger partial charge in [-0.3, -0.25) is 9.69 Å². The summed E-state index contributed by atoms with van der Waals surface area (Å²) in [5, 5.41) is 2.88. The van der Waals surface area contributed by atoms with Crippen molar-refractivity contribution in [2.24, 2.45) is 5.73 Å². The highest BCUT2D eigenvalue weighted by Crippen LogP contribution is 2.13. The van der Waals surface area contributed by atoms with E-state index >= 15 is 0 Å². The van der Waals surface area contributed by atoms with Crippen molar-refractivity contribution >= 4 is 5.91 Å². The Morgan fingerprint density at radius 3 is 3.07 bits per heavy atom. The van der Waals surface area contributed by atoms with Gasteiger partial charge in [0.05, 0.1) is 6.04 Å². The Morgan fingerprint density at radius 1 is 1.79 bits per heavy atom. The molecule has 0 radical (unpaired) electrons. The van der Waals surface area contributed by atoms with Gasteiger partial charge >= 0.3 is 0 Å². The average Bonchev–Trinajstić information content (AvgIpc) is 2.17. The van der Waals surface area contributed by atoms with E-state index in [4.69, 9.17) is 5.73 Å². The molecule has 1 amide bonds. The molecule has 2 unspecified atom stereocenters. The molecule has 1 aliphatic rings. The first-order valence-electron chi connectivity index (χ1n) is 5.05. The van der Waals surface area contributed by atoms with E-state index in [0.717, 1.165) is 6.54 Å². The van der Waals surface area contributed by atoms with E-state index < -0.39 is 0 Å². The van der Waals surface area contributed by atoms with E-state index in [-0.39, 0.29) is 11.9 Å². The summed E-state index contributed by atoms with van der Waals surface area (Å²) >= 11 is 0. The molecule has 0 saturated carbocycles. The molecule has 1 rings (SSSR count). The number of amides is 1. The fourth-order valence-electron chi connectivity index (χ4n) is 1.85. The lowest BCUT2D eigenvalue weighted by atomic mass is 10.0. The molecule has 4 nitrogen and oxygen atoms in total.